The van der Waals surface area contributed by atoms with E-state index in [4.69, 9.17) is 29.8 Å². The number of halogens is 1. The Kier molecular flexibility index (Phi) is 9.68. The smallest absolute Gasteiger partial charge is 0.459 e. The summed E-state index contributed by atoms with van der Waals surface area (Å²) in [6.07, 6.45) is -5.06. The van der Waals surface area contributed by atoms with Gasteiger partial charge in [0.15, 0.2) is 17.5 Å². The number of aliphatic hydroxyl groups is 1. The number of nitrogens with zero attached hydrogens (tertiary/aromatic N) is 4. The molecule has 46 heavy (non-hydrogen) atoms. The number of nitrogen functional groups attached to an aromatic ring is 1. The second-order valence-corrected chi connectivity index (χ2v) is 12.0. The van der Waals surface area contributed by atoms with Crippen molar-refractivity contribution in [3.05, 3.63) is 101 Å². The van der Waals surface area contributed by atoms with E-state index in [1.807, 2.05) is 6.07 Å². The quantitative estimate of drug-likeness (QED) is 0.0752. The Labute approximate surface area is 260 Å². The summed E-state index contributed by atoms with van der Waals surface area (Å²) < 4.78 is 53.4. The second-order valence-electron chi connectivity index (χ2n) is 10.3. The molecule has 0 radical (unpaired) electrons. The maximum atomic E-state index is 15.8. The summed E-state index contributed by atoms with van der Waals surface area (Å²) in [5, 5.41) is 18.0. The second kappa shape index (κ2) is 13.7. The number of fused-ring (bicyclic) bond motifs is 1. The minimum atomic E-state index is -4.66. The zero-order valence-corrected chi connectivity index (χ0v) is 25.2. The number of anilines is 1. The maximum absolute atomic E-state index is 15.8. The average molecular weight is 655 g/mol. The largest absolute Gasteiger partial charge is 0.460 e. The normalized spacial score (nSPS) is 22.8. The van der Waals surface area contributed by atoms with Gasteiger partial charge >= 0.3 is 25.1 Å². The third-order valence-corrected chi connectivity index (χ3v) is 8.64. The van der Waals surface area contributed by atoms with Gasteiger partial charge < -0.3 is 24.8 Å². The van der Waals surface area contributed by atoms with E-state index in [1.165, 1.54) is 19.1 Å². The molecule has 0 spiro atoms. The van der Waals surface area contributed by atoms with Gasteiger partial charge in [0.05, 0.1) is 0 Å². The van der Waals surface area contributed by atoms with Gasteiger partial charge in [0, 0.05) is 11.6 Å². The summed E-state index contributed by atoms with van der Waals surface area (Å²) >= 11 is 0. The number of benzene rings is 3. The maximum Gasteiger partial charge on any atom is 0.459 e. The molecule has 3 aromatic carbocycles. The lowest BCUT2D eigenvalue weighted by atomic mass is 10.1. The first kappa shape index (κ1) is 32.6. The number of carbonyl (C=O) groups excluding carboxylic acids is 1. The number of rotatable bonds is 12. The number of nitrogens with one attached hydrogen (secondary N) is 2. The minimum Gasteiger partial charge on any atom is -0.460 e. The summed E-state index contributed by atoms with van der Waals surface area (Å²) in [7, 11) is -4.66. The zero-order chi connectivity index (χ0) is 32.9. The molecule has 5 N–H and O–H groups in total. The van der Waals surface area contributed by atoms with E-state index < -0.39 is 56.3 Å². The van der Waals surface area contributed by atoms with E-state index in [2.05, 4.69) is 20.1 Å². The van der Waals surface area contributed by atoms with Gasteiger partial charge in [-0.05, 0) is 30.0 Å². The molecule has 6 atom stereocenters. The molecule has 4 aromatic rings. The highest BCUT2D eigenvalue weighted by molar-refractivity contribution is 7.52. The number of hydrogen-bond acceptors (Lipinski definition) is 12. The Bertz CT molecular complexity index is 1870. The SMILES string of the molecule is C[C@H](NP(=O)(OC[C@@]1(N=[N+]=N)O[C@@H](n2ccc(N)nc2=O)[C@H](O)[C@@H]1F)Oc1cccc2ccccc12)C(=O)OCc1ccccc1. The fourth-order valence-corrected chi connectivity index (χ4v) is 6.25. The van der Waals surface area contributed by atoms with E-state index >= 15 is 4.39 Å². The predicted molar refractivity (Wildman–Crippen MR) is 161 cm³/mol. The molecule has 15 nitrogen and oxygen atoms in total. The average Bonchev–Trinajstić information content (AvgIpc) is 3.29. The lowest BCUT2D eigenvalue weighted by Gasteiger charge is -2.26. The first-order valence-corrected chi connectivity index (χ1v) is 15.4. The number of esters is 1. The number of aromatic nitrogens is 2. The number of hydrogen-bond donors (Lipinski definition) is 4. The fraction of sp³-hybridized carbons (Fsp3) is 0.276. The summed E-state index contributed by atoms with van der Waals surface area (Å²) in [6.45, 7) is 0.242. The minimum absolute atomic E-state index is 0.0654. The molecule has 1 saturated heterocycles. The molecular weight excluding hydrogens is 624 g/mol. The first-order chi connectivity index (χ1) is 22.0. The van der Waals surface area contributed by atoms with Crippen LogP contribution >= 0.6 is 7.75 Å². The van der Waals surface area contributed by atoms with Crippen LogP contribution in [0, 0.1) is 5.53 Å². The van der Waals surface area contributed by atoms with Gasteiger partial charge in [-0.2, -0.15) is 10.1 Å². The topological polar surface area (TPSA) is 215 Å². The van der Waals surface area contributed by atoms with Crippen molar-refractivity contribution in [2.24, 2.45) is 5.11 Å². The molecule has 1 aromatic heterocycles. The van der Waals surface area contributed by atoms with E-state index in [0.717, 1.165) is 16.2 Å². The van der Waals surface area contributed by atoms with Crippen molar-refractivity contribution in [2.45, 2.75) is 43.8 Å². The summed E-state index contributed by atoms with van der Waals surface area (Å²) in [4.78, 5) is 31.7. The molecule has 1 fully saturated rings. The Morgan fingerprint density at radius 2 is 1.93 bits per heavy atom. The highest BCUT2D eigenvalue weighted by Crippen LogP contribution is 2.49. The molecule has 5 rings (SSSR count). The van der Waals surface area contributed by atoms with Crippen molar-refractivity contribution in [1.29, 1.82) is 5.53 Å². The molecule has 1 unspecified atom stereocenters. The highest BCUT2D eigenvalue weighted by atomic mass is 31.2. The van der Waals surface area contributed by atoms with Gasteiger partial charge in [-0.1, -0.05) is 66.7 Å². The molecule has 17 heteroatoms. The van der Waals surface area contributed by atoms with Crippen molar-refractivity contribution in [2.75, 3.05) is 12.3 Å². The van der Waals surface area contributed by atoms with Crippen molar-refractivity contribution < 1.29 is 37.4 Å². The summed E-state index contributed by atoms with van der Waals surface area (Å²) in [6, 6.07) is 20.8. The van der Waals surface area contributed by atoms with Crippen molar-refractivity contribution in [3.63, 3.8) is 0 Å². The van der Waals surface area contributed by atoms with Crippen LogP contribution in [-0.4, -0.2) is 51.3 Å². The van der Waals surface area contributed by atoms with Crippen LogP contribution in [0.5, 0.6) is 5.75 Å². The van der Waals surface area contributed by atoms with Crippen LogP contribution in [0.15, 0.2) is 95.0 Å². The number of alkyl halides is 1. The molecule has 0 amide bonds. The fourth-order valence-electron chi connectivity index (χ4n) is 4.72. The van der Waals surface area contributed by atoms with Gasteiger partial charge in [0.2, 0.25) is 4.91 Å². The van der Waals surface area contributed by atoms with Crippen LogP contribution in [0.1, 0.15) is 18.7 Å². The Morgan fingerprint density at radius 1 is 1.22 bits per heavy atom. The third kappa shape index (κ3) is 7.02. The Balaban J connectivity index is 1.43. The van der Waals surface area contributed by atoms with Crippen molar-refractivity contribution in [1.82, 2.24) is 19.6 Å². The number of nitrogens with two attached hydrogens (primary N) is 1. The standard InChI is InChI=1S/C29H29FN7O8P/c1-18(27(39)42-16-19-8-3-2-4-9-19)34-46(41,45-22-13-7-11-20-10-5-6-12-21(20)22)43-17-29(35-36-32)25(30)24(38)26(44-29)37-15-14-23(31)33-28(37)40/h2-15,18,24-26,32,38H,16-17H2,1H3,(H2-,31,33,34,40,41)/p+1/t18-,24+,25-,26+,29+,46?/m0/s1. The van der Waals surface area contributed by atoms with Crippen molar-refractivity contribution >= 4 is 30.3 Å². The van der Waals surface area contributed by atoms with E-state index in [9.17, 15) is 19.3 Å². The molecular formula is C29H30FN7O8P+. The highest BCUT2D eigenvalue weighted by Gasteiger charge is 2.62. The molecule has 0 aliphatic carbocycles. The molecule has 0 bridgehead atoms. The zero-order valence-electron chi connectivity index (χ0n) is 24.3. The van der Waals surface area contributed by atoms with Crippen molar-refractivity contribution in [3.8, 4) is 5.75 Å². The molecule has 0 saturated carbocycles. The molecule has 240 valence electrons. The summed E-state index contributed by atoms with van der Waals surface area (Å²) in [5.41, 5.74) is 9.98. The molecule has 1 aliphatic rings. The number of ether oxygens (including phenoxy) is 2. The lowest BCUT2D eigenvalue weighted by molar-refractivity contribution is -0.146. The van der Waals surface area contributed by atoms with Gasteiger partial charge in [-0.25, -0.2) is 13.8 Å². The van der Waals surface area contributed by atoms with Gasteiger partial charge in [0.1, 0.15) is 42.5 Å². The van der Waals surface area contributed by atoms with Crippen LogP contribution in [0.3, 0.4) is 0 Å². The number of carbonyl (C=O) groups is 1. The van der Waals surface area contributed by atoms with E-state index in [0.29, 0.717) is 10.9 Å². The van der Waals surface area contributed by atoms with Crippen LogP contribution in [-0.2, 0) is 30.0 Å². The monoisotopic (exact) mass is 654 g/mol. The third-order valence-electron chi connectivity index (χ3n) is 7.03. The van der Waals surface area contributed by atoms with Gasteiger partial charge in [-0.3, -0.25) is 13.9 Å². The Hall–Kier alpha value is -4.82. The van der Waals surface area contributed by atoms with Crippen LogP contribution in [0.4, 0.5) is 10.2 Å². The van der Waals surface area contributed by atoms with Gasteiger partial charge in [-0.15, -0.1) is 0 Å². The van der Waals surface area contributed by atoms with Gasteiger partial charge in [0.25, 0.3) is 0 Å². The van der Waals surface area contributed by atoms with Crippen LogP contribution in [0.2, 0.25) is 0 Å². The van der Waals surface area contributed by atoms with E-state index in [-0.39, 0.29) is 18.2 Å². The molecule has 1 aliphatic heterocycles. The predicted octanol–water partition coefficient (Wildman–Crippen LogP) is 3.38. The lowest BCUT2D eigenvalue weighted by Crippen LogP contribution is -2.44. The molecule has 2 heterocycles. The van der Waals surface area contributed by atoms with Crippen LogP contribution < -0.4 is 25.9 Å². The van der Waals surface area contributed by atoms with E-state index in [1.54, 1.807) is 60.7 Å². The summed E-state index contributed by atoms with van der Waals surface area (Å²) in [5.74, 6) is -0.836. The number of aliphatic hydroxyl groups excluding tert-OH is 1. The van der Waals surface area contributed by atoms with Crippen LogP contribution in [0.25, 0.3) is 10.8 Å². The first-order valence-electron chi connectivity index (χ1n) is 13.9. The Morgan fingerprint density at radius 3 is 2.67 bits per heavy atom.